The lowest BCUT2D eigenvalue weighted by Gasteiger charge is -2.16. The number of halogens is 2. The van der Waals surface area contributed by atoms with Crippen molar-refractivity contribution < 1.29 is 32.6 Å². The van der Waals surface area contributed by atoms with Gasteiger partial charge < -0.3 is 14.2 Å². The lowest BCUT2D eigenvalue weighted by molar-refractivity contribution is 0.0599. The average molecular weight is 404 g/mol. The zero-order chi connectivity index (χ0) is 21.3. The van der Waals surface area contributed by atoms with Crippen molar-refractivity contribution >= 4 is 11.8 Å². The van der Waals surface area contributed by atoms with Crippen molar-refractivity contribution in [2.45, 2.75) is 45.6 Å². The van der Waals surface area contributed by atoms with Crippen molar-refractivity contribution in [3.05, 3.63) is 52.6 Å². The first-order valence-corrected chi connectivity index (χ1v) is 9.29. The second-order valence-corrected chi connectivity index (χ2v) is 7.52. The van der Waals surface area contributed by atoms with Crippen LogP contribution < -0.4 is 9.47 Å². The van der Waals surface area contributed by atoms with E-state index in [1.807, 2.05) is 13.8 Å². The lowest BCUT2D eigenvalue weighted by atomic mass is 9.99. The van der Waals surface area contributed by atoms with Crippen LogP contribution >= 0.6 is 0 Å². The Bertz CT molecular complexity index is 958. The Kier molecular flexibility index (Phi) is 5.59. The van der Waals surface area contributed by atoms with E-state index in [0.717, 1.165) is 12.1 Å². The summed E-state index contributed by atoms with van der Waals surface area (Å²) < 4.78 is 45.1. The summed E-state index contributed by atoms with van der Waals surface area (Å²) >= 11 is 0. The van der Waals surface area contributed by atoms with Gasteiger partial charge >= 0.3 is 5.97 Å². The van der Waals surface area contributed by atoms with Gasteiger partial charge in [-0.15, -0.1) is 0 Å². The van der Waals surface area contributed by atoms with E-state index >= 15 is 0 Å². The third kappa shape index (κ3) is 4.23. The minimum absolute atomic E-state index is 0.0507. The van der Waals surface area contributed by atoms with E-state index in [-0.39, 0.29) is 23.5 Å². The summed E-state index contributed by atoms with van der Waals surface area (Å²) in [6.45, 7) is 5.51. The molecule has 2 aromatic rings. The highest BCUT2D eigenvalue weighted by molar-refractivity contribution is 5.96. The SMILES string of the molecule is CCCC(=O)c1c(F)cc(Oc2cc(C(=O)OC)cc3c2CC(C)(C)O3)cc1F. The number of hydrogen-bond donors (Lipinski definition) is 0. The highest BCUT2D eigenvalue weighted by atomic mass is 19.1. The number of ketones is 1. The first-order valence-electron chi connectivity index (χ1n) is 9.29. The maximum Gasteiger partial charge on any atom is 0.338 e. The minimum atomic E-state index is -0.990. The van der Waals surface area contributed by atoms with Crippen LogP contribution in [0.2, 0.25) is 0 Å². The molecule has 7 heteroatoms. The summed E-state index contributed by atoms with van der Waals surface area (Å²) in [4.78, 5) is 23.9. The molecule has 3 rings (SSSR count). The van der Waals surface area contributed by atoms with Crippen LogP contribution in [0, 0.1) is 11.6 Å². The Morgan fingerprint density at radius 3 is 2.38 bits per heavy atom. The fraction of sp³-hybridized carbons (Fsp3) is 0.364. The number of Topliss-reactive ketones (excluding diaryl/α,β-unsaturated/α-hetero) is 1. The third-order valence-corrected chi connectivity index (χ3v) is 4.58. The maximum absolute atomic E-state index is 14.4. The highest BCUT2D eigenvalue weighted by Crippen LogP contribution is 2.43. The van der Waals surface area contributed by atoms with Crippen LogP contribution in [-0.2, 0) is 11.2 Å². The molecule has 1 heterocycles. The molecule has 154 valence electrons. The molecule has 1 aliphatic heterocycles. The molecule has 0 bridgehead atoms. The van der Waals surface area contributed by atoms with E-state index in [4.69, 9.17) is 14.2 Å². The Labute approximate surface area is 167 Å². The molecule has 0 radical (unpaired) electrons. The first kappa shape index (κ1) is 20.8. The number of ether oxygens (including phenoxy) is 3. The number of benzene rings is 2. The van der Waals surface area contributed by atoms with Gasteiger partial charge in [0.25, 0.3) is 0 Å². The van der Waals surface area contributed by atoms with E-state index in [1.54, 1.807) is 13.0 Å². The average Bonchev–Trinajstić information content (AvgIpc) is 2.95. The van der Waals surface area contributed by atoms with E-state index in [0.29, 0.717) is 24.2 Å². The van der Waals surface area contributed by atoms with Crippen LogP contribution in [-0.4, -0.2) is 24.5 Å². The molecular weight excluding hydrogens is 382 g/mol. The van der Waals surface area contributed by atoms with Crippen molar-refractivity contribution in [2.24, 2.45) is 0 Å². The molecule has 0 N–H and O–H groups in total. The van der Waals surface area contributed by atoms with Crippen molar-refractivity contribution in [1.29, 1.82) is 0 Å². The van der Waals surface area contributed by atoms with Crippen molar-refractivity contribution in [1.82, 2.24) is 0 Å². The van der Waals surface area contributed by atoms with Gasteiger partial charge in [0.1, 0.15) is 34.5 Å². The van der Waals surface area contributed by atoms with Gasteiger partial charge in [-0.05, 0) is 32.4 Å². The second kappa shape index (κ2) is 7.81. The van der Waals surface area contributed by atoms with Crippen molar-refractivity contribution in [3.8, 4) is 17.2 Å². The van der Waals surface area contributed by atoms with Crippen molar-refractivity contribution in [3.63, 3.8) is 0 Å². The quantitative estimate of drug-likeness (QED) is 0.487. The molecule has 0 atom stereocenters. The van der Waals surface area contributed by atoms with Crippen LogP contribution in [0.5, 0.6) is 17.2 Å². The van der Waals surface area contributed by atoms with Gasteiger partial charge in [0.05, 0.1) is 18.2 Å². The van der Waals surface area contributed by atoms with Gasteiger partial charge in [0.2, 0.25) is 0 Å². The number of carbonyl (C=O) groups excluding carboxylic acids is 2. The predicted molar refractivity (Wildman–Crippen MR) is 102 cm³/mol. The highest BCUT2D eigenvalue weighted by Gasteiger charge is 2.34. The van der Waals surface area contributed by atoms with Gasteiger partial charge in [-0.3, -0.25) is 4.79 Å². The van der Waals surface area contributed by atoms with E-state index in [9.17, 15) is 18.4 Å². The summed E-state index contributed by atoms with van der Waals surface area (Å²) in [6, 6.07) is 4.92. The number of rotatable bonds is 6. The van der Waals surface area contributed by atoms with Crippen LogP contribution in [0.25, 0.3) is 0 Å². The normalized spacial score (nSPS) is 14.1. The summed E-state index contributed by atoms with van der Waals surface area (Å²) in [7, 11) is 1.25. The fourth-order valence-corrected chi connectivity index (χ4v) is 3.33. The van der Waals surface area contributed by atoms with Crippen LogP contribution in [0.1, 0.15) is 59.9 Å². The number of methoxy groups -OCH3 is 1. The predicted octanol–water partition coefficient (Wildman–Crippen LogP) is 5.24. The Morgan fingerprint density at radius 1 is 1.14 bits per heavy atom. The number of hydrogen-bond acceptors (Lipinski definition) is 5. The van der Waals surface area contributed by atoms with Gasteiger partial charge in [-0.25, -0.2) is 13.6 Å². The Balaban J connectivity index is 2.01. The summed E-state index contributed by atoms with van der Waals surface area (Å²) in [6.07, 6.45) is 1.02. The first-order chi connectivity index (χ1) is 13.6. The van der Waals surface area contributed by atoms with Crippen molar-refractivity contribution in [2.75, 3.05) is 7.11 Å². The summed E-state index contributed by atoms with van der Waals surface area (Å²) in [5.41, 5.74) is -0.233. The fourth-order valence-electron chi connectivity index (χ4n) is 3.33. The molecule has 0 spiro atoms. The van der Waals surface area contributed by atoms with Gasteiger partial charge in [0, 0.05) is 30.5 Å². The number of esters is 1. The smallest absolute Gasteiger partial charge is 0.338 e. The molecule has 0 saturated heterocycles. The van der Waals surface area contributed by atoms with E-state index < -0.39 is 34.6 Å². The molecular formula is C22H22F2O5. The molecule has 0 amide bonds. The number of carbonyl (C=O) groups is 2. The zero-order valence-electron chi connectivity index (χ0n) is 16.7. The largest absolute Gasteiger partial charge is 0.487 e. The van der Waals surface area contributed by atoms with Gasteiger partial charge in [-0.1, -0.05) is 6.92 Å². The maximum atomic E-state index is 14.4. The molecule has 0 unspecified atom stereocenters. The van der Waals surface area contributed by atoms with E-state index in [2.05, 4.69) is 0 Å². The minimum Gasteiger partial charge on any atom is -0.487 e. The molecule has 0 aromatic heterocycles. The monoisotopic (exact) mass is 404 g/mol. The standard InChI is InChI=1S/C22H22F2O5/c1-5-6-17(25)20-15(23)9-13(10-16(20)24)28-18-7-12(21(26)27-4)8-19-14(18)11-22(2,3)29-19/h7-10H,5-6,11H2,1-4H3. The molecule has 1 aliphatic rings. The van der Waals surface area contributed by atoms with Crippen LogP contribution in [0.15, 0.2) is 24.3 Å². The number of fused-ring (bicyclic) bond motifs is 1. The molecule has 29 heavy (non-hydrogen) atoms. The van der Waals surface area contributed by atoms with Crippen LogP contribution in [0.4, 0.5) is 8.78 Å². The lowest BCUT2D eigenvalue weighted by Crippen LogP contribution is -2.24. The van der Waals surface area contributed by atoms with Gasteiger partial charge in [0.15, 0.2) is 5.78 Å². The second-order valence-electron chi connectivity index (χ2n) is 7.52. The Hall–Kier alpha value is -2.96. The molecule has 0 fully saturated rings. The third-order valence-electron chi connectivity index (χ3n) is 4.58. The van der Waals surface area contributed by atoms with Crippen LogP contribution in [0.3, 0.4) is 0 Å². The topological polar surface area (TPSA) is 61.8 Å². The molecule has 0 saturated carbocycles. The Morgan fingerprint density at radius 2 is 1.79 bits per heavy atom. The molecule has 0 aliphatic carbocycles. The zero-order valence-corrected chi connectivity index (χ0v) is 16.7. The van der Waals surface area contributed by atoms with Gasteiger partial charge in [-0.2, -0.15) is 0 Å². The molecule has 5 nitrogen and oxygen atoms in total. The molecule has 2 aromatic carbocycles. The van der Waals surface area contributed by atoms with E-state index in [1.165, 1.54) is 13.2 Å². The summed E-state index contributed by atoms with van der Waals surface area (Å²) in [5.74, 6) is -2.61. The summed E-state index contributed by atoms with van der Waals surface area (Å²) in [5, 5.41) is 0.